The monoisotopic (exact) mass is 289 g/mol. The maximum atomic E-state index is 13.4. The van der Waals surface area contributed by atoms with Crippen molar-refractivity contribution in [3.8, 4) is 11.1 Å². The predicted molar refractivity (Wildman–Crippen MR) is 86.0 cm³/mol. The maximum absolute atomic E-state index is 13.4. The van der Waals surface area contributed by atoms with Gasteiger partial charge >= 0.3 is 0 Å². The van der Waals surface area contributed by atoms with Gasteiger partial charge in [0.25, 0.3) is 5.91 Å². The van der Waals surface area contributed by atoms with Gasteiger partial charge in [-0.3, -0.25) is 4.79 Å². The molecule has 0 aromatic heterocycles. The van der Waals surface area contributed by atoms with E-state index in [0.717, 1.165) is 16.7 Å². The van der Waals surface area contributed by atoms with Crippen LogP contribution in [0, 0.1) is 5.82 Å². The minimum atomic E-state index is -0.349. The van der Waals surface area contributed by atoms with E-state index in [-0.39, 0.29) is 11.7 Å². The summed E-state index contributed by atoms with van der Waals surface area (Å²) in [5.74, 6) is -0.551. The number of amides is 1. The normalized spacial score (nSPS) is 15.1. The Morgan fingerprint density at radius 2 is 1.64 bits per heavy atom. The Hall–Kier alpha value is -2.94. The number of hydrogen-bond acceptors (Lipinski definition) is 1. The van der Waals surface area contributed by atoms with Crippen LogP contribution in [0.15, 0.2) is 60.7 Å². The summed E-state index contributed by atoms with van der Waals surface area (Å²) in [6.07, 6.45) is 1.79. The van der Waals surface area contributed by atoms with Crippen molar-refractivity contribution in [3.05, 3.63) is 77.6 Å². The lowest BCUT2D eigenvalue weighted by Crippen LogP contribution is -2.03. The number of anilines is 1. The van der Waals surface area contributed by atoms with Crippen LogP contribution in [0.2, 0.25) is 0 Å². The van der Waals surface area contributed by atoms with Gasteiger partial charge in [0.05, 0.1) is 0 Å². The van der Waals surface area contributed by atoms with E-state index in [2.05, 4.69) is 5.32 Å². The van der Waals surface area contributed by atoms with Crippen LogP contribution in [-0.2, 0) is 4.79 Å². The van der Waals surface area contributed by atoms with Crippen LogP contribution in [0.3, 0.4) is 0 Å². The number of rotatable bonds is 1. The molecule has 0 spiro atoms. The van der Waals surface area contributed by atoms with Gasteiger partial charge in [0.1, 0.15) is 5.82 Å². The molecule has 0 atom stereocenters. The average Bonchev–Trinajstić information content (AvgIpc) is 3.01. The fourth-order valence-corrected chi connectivity index (χ4v) is 2.75. The molecule has 0 unspecified atom stereocenters. The summed E-state index contributed by atoms with van der Waals surface area (Å²) < 4.78 is 13.4. The molecule has 3 heteroatoms. The first-order valence-electron chi connectivity index (χ1n) is 7.02. The summed E-state index contributed by atoms with van der Waals surface area (Å²) in [4.78, 5) is 12.1. The Balaban J connectivity index is 1.83. The van der Waals surface area contributed by atoms with Gasteiger partial charge in [-0.25, -0.2) is 4.39 Å². The Bertz CT molecular complexity index is 867. The zero-order chi connectivity index (χ0) is 15.1. The zero-order valence-electron chi connectivity index (χ0n) is 11.6. The van der Waals surface area contributed by atoms with Crippen LogP contribution in [0.1, 0.15) is 11.1 Å². The second-order valence-corrected chi connectivity index (χ2v) is 5.31. The van der Waals surface area contributed by atoms with Crippen molar-refractivity contribution < 1.29 is 9.18 Å². The van der Waals surface area contributed by atoms with Crippen LogP contribution < -0.4 is 5.32 Å². The molecule has 3 aliphatic rings. The molecule has 2 aliphatic carbocycles. The number of benzene rings is 1. The first-order chi connectivity index (χ1) is 10.7. The Labute approximate surface area is 127 Å². The van der Waals surface area contributed by atoms with Gasteiger partial charge in [0.2, 0.25) is 0 Å². The van der Waals surface area contributed by atoms with Crippen molar-refractivity contribution in [3.63, 3.8) is 0 Å². The molecule has 1 heterocycles. The Morgan fingerprint density at radius 3 is 2.36 bits per heavy atom. The van der Waals surface area contributed by atoms with Crippen LogP contribution in [-0.4, -0.2) is 5.91 Å². The lowest BCUT2D eigenvalue weighted by molar-refractivity contribution is -0.110. The Kier molecular flexibility index (Phi) is 2.79. The van der Waals surface area contributed by atoms with Crippen molar-refractivity contribution in [2.75, 3.05) is 5.32 Å². The van der Waals surface area contributed by atoms with Gasteiger partial charge in [0, 0.05) is 16.8 Å². The minimum Gasteiger partial charge on any atom is -0.321 e. The fourth-order valence-electron chi connectivity index (χ4n) is 2.75. The molecule has 1 aromatic carbocycles. The lowest BCUT2D eigenvalue weighted by atomic mass is 10.0. The lowest BCUT2D eigenvalue weighted by Gasteiger charge is -1.98. The molecule has 2 nitrogen and oxygen atoms in total. The second-order valence-electron chi connectivity index (χ2n) is 5.31. The summed E-state index contributed by atoms with van der Waals surface area (Å²) in [5, 5.41) is 2.76. The van der Waals surface area contributed by atoms with Gasteiger partial charge in [-0.15, -0.1) is 0 Å². The Morgan fingerprint density at radius 1 is 0.909 bits per heavy atom. The molecule has 106 valence electrons. The molecule has 1 N–H and O–H groups in total. The van der Waals surface area contributed by atoms with E-state index in [0.29, 0.717) is 16.8 Å². The zero-order valence-corrected chi connectivity index (χ0v) is 11.6. The van der Waals surface area contributed by atoms with Crippen molar-refractivity contribution in [1.29, 1.82) is 0 Å². The highest BCUT2D eigenvalue weighted by atomic mass is 19.1. The fraction of sp³-hybridized carbons (Fsp3) is 0. The minimum absolute atomic E-state index is 0.203. The third-order valence-corrected chi connectivity index (χ3v) is 3.87. The molecule has 0 radical (unpaired) electrons. The number of carbonyl (C=O) groups excluding carboxylic acids is 1. The van der Waals surface area contributed by atoms with Gasteiger partial charge in [-0.1, -0.05) is 42.5 Å². The molecule has 4 rings (SSSR count). The van der Waals surface area contributed by atoms with Crippen LogP contribution in [0.25, 0.3) is 22.8 Å². The van der Waals surface area contributed by atoms with Crippen molar-refractivity contribution >= 4 is 23.2 Å². The van der Waals surface area contributed by atoms with Gasteiger partial charge in [-0.2, -0.15) is 0 Å². The largest absolute Gasteiger partial charge is 0.321 e. The summed E-state index contributed by atoms with van der Waals surface area (Å²) >= 11 is 0. The highest BCUT2D eigenvalue weighted by Gasteiger charge is 2.24. The molecular weight excluding hydrogens is 277 g/mol. The van der Waals surface area contributed by atoms with E-state index in [1.165, 1.54) is 12.1 Å². The summed E-state index contributed by atoms with van der Waals surface area (Å²) in [7, 11) is 0. The number of halogens is 1. The highest BCUT2D eigenvalue weighted by molar-refractivity contribution is 6.34. The molecule has 22 heavy (non-hydrogen) atoms. The van der Waals surface area contributed by atoms with Crippen LogP contribution in [0.4, 0.5) is 10.1 Å². The van der Waals surface area contributed by atoms with E-state index in [1.54, 1.807) is 12.1 Å². The molecule has 1 amide bonds. The number of hydrogen-bond donors (Lipinski definition) is 1. The molecule has 0 bridgehead atoms. The number of fused-ring (bicyclic) bond motifs is 2. The quantitative estimate of drug-likeness (QED) is 0.660. The highest BCUT2D eigenvalue weighted by Crippen LogP contribution is 2.33. The third-order valence-electron chi connectivity index (χ3n) is 3.87. The van der Waals surface area contributed by atoms with Crippen molar-refractivity contribution in [2.45, 2.75) is 0 Å². The first kappa shape index (κ1) is 12.8. The molecule has 1 aromatic rings. The van der Waals surface area contributed by atoms with Gasteiger partial charge in [-0.05, 0) is 41.0 Å². The van der Waals surface area contributed by atoms with E-state index >= 15 is 0 Å². The predicted octanol–water partition coefficient (Wildman–Crippen LogP) is 4.42. The van der Waals surface area contributed by atoms with Crippen LogP contribution in [0.5, 0.6) is 0 Å². The topological polar surface area (TPSA) is 29.1 Å². The molecule has 1 aliphatic heterocycles. The summed E-state index contributed by atoms with van der Waals surface area (Å²) in [6, 6.07) is 18.4. The van der Waals surface area contributed by atoms with E-state index in [4.69, 9.17) is 0 Å². The average molecular weight is 289 g/mol. The summed E-state index contributed by atoms with van der Waals surface area (Å²) in [5.41, 5.74) is 4.94. The molecule has 0 saturated carbocycles. The van der Waals surface area contributed by atoms with E-state index < -0.39 is 0 Å². The first-order valence-corrected chi connectivity index (χ1v) is 7.02. The third kappa shape index (κ3) is 2.07. The maximum Gasteiger partial charge on any atom is 0.256 e. The molecular formula is C19H12FNO. The number of carbonyl (C=O) groups is 1. The van der Waals surface area contributed by atoms with Crippen LogP contribution >= 0.6 is 0 Å². The number of nitrogens with one attached hydrogen (secondary N) is 1. The van der Waals surface area contributed by atoms with Gasteiger partial charge < -0.3 is 5.32 Å². The SMILES string of the molecule is O=C1Nc2ccc(F)cc2C1=Cc1ccc2cccc-2cc1. The smallest absolute Gasteiger partial charge is 0.256 e. The van der Waals surface area contributed by atoms with Crippen molar-refractivity contribution in [1.82, 2.24) is 0 Å². The van der Waals surface area contributed by atoms with Crippen molar-refractivity contribution in [2.24, 2.45) is 0 Å². The standard InChI is InChI=1S/C19H12FNO/c20-15-8-9-18-16(11-15)17(19(22)21-18)10-12-4-6-13-2-1-3-14(13)7-5-12/h1-11H,(H,21,22). The van der Waals surface area contributed by atoms with E-state index in [1.807, 2.05) is 42.5 Å². The second kappa shape index (κ2) is 4.81. The molecule has 0 fully saturated rings. The molecule has 0 saturated heterocycles. The van der Waals surface area contributed by atoms with Gasteiger partial charge in [0.15, 0.2) is 0 Å². The summed E-state index contributed by atoms with van der Waals surface area (Å²) in [6.45, 7) is 0. The van der Waals surface area contributed by atoms with E-state index in [9.17, 15) is 9.18 Å².